The van der Waals surface area contributed by atoms with Gasteiger partial charge in [0.05, 0.1) is 16.7 Å². The summed E-state index contributed by atoms with van der Waals surface area (Å²) in [6, 6.07) is 2.58. The SMILES string of the molecule is CN(Cc1cnn(C)c1)S(=O)(=O)c1ccc(Cl)cc1C(F)(F)F. The van der Waals surface area contributed by atoms with Crippen molar-refractivity contribution in [3.8, 4) is 0 Å². The van der Waals surface area contributed by atoms with Gasteiger partial charge in [0.2, 0.25) is 10.0 Å². The first-order valence-electron chi connectivity index (χ1n) is 6.32. The van der Waals surface area contributed by atoms with Gasteiger partial charge < -0.3 is 0 Å². The maximum atomic E-state index is 13.1. The fraction of sp³-hybridized carbons (Fsp3) is 0.308. The van der Waals surface area contributed by atoms with Crippen LogP contribution < -0.4 is 0 Å². The molecule has 0 fully saturated rings. The molecule has 0 N–H and O–H groups in total. The topological polar surface area (TPSA) is 55.2 Å². The lowest BCUT2D eigenvalue weighted by Crippen LogP contribution is -2.28. The molecule has 1 aromatic heterocycles. The molecule has 23 heavy (non-hydrogen) atoms. The molecular weight excluding hydrogens is 355 g/mol. The van der Waals surface area contributed by atoms with Gasteiger partial charge in [-0.25, -0.2) is 8.42 Å². The number of hydrogen-bond donors (Lipinski definition) is 0. The summed E-state index contributed by atoms with van der Waals surface area (Å²) in [6.45, 7) is -0.101. The summed E-state index contributed by atoms with van der Waals surface area (Å²) >= 11 is 5.57. The van der Waals surface area contributed by atoms with Gasteiger partial charge in [0, 0.05) is 37.4 Å². The highest BCUT2D eigenvalue weighted by molar-refractivity contribution is 7.89. The van der Waals surface area contributed by atoms with Crippen molar-refractivity contribution in [2.75, 3.05) is 7.05 Å². The summed E-state index contributed by atoms with van der Waals surface area (Å²) in [5.74, 6) is 0. The third kappa shape index (κ3) is 3.85. The normalized spacial score (nSPS) is 12.8. The summed E-state index contributed by atoms with van der Waals surface area (Å²) < 4.78 is 66.6. The zero-order valence-corrected chi connectivity index (χ0v) is 13.7. The Labute approximate surface area is 136 Å². The highest BCUT2D eigenvalue weighted by atomic mass is 35.5. The summed E-state index contributed by atoms with van der Waals surface area (Å²) in [5.41, 5.74) is -0.732. The Morgan fingerprint density at radius 3 is 2.52 bits per heavy atom. The molecule has 0 bridgehead atoms. The number of alkyl halides is 3. The maximum absolute atomic E-state index is 13.1. The summed E-state index contributed by atoms with van der Waals surface area (Å²) in [7, 11) is -1.48. The number of sulfonamides is 1. The molecule has 1 aromatic carbocycles. The van der Waals surface area contributed by atoms with Gasteiger partial charge in [0.25, 0.3) is 0 Å². The quantitative estimate of drug-likeness (QED) is 0.835. The number of hydrogen-bond acceptors (Lipinski definition) is 3. The van der Waals surface area contributed by atoms with E-state index in [0.717, 1.165) is 16.4 Å². The van der Waals surface area contributed by atoms with Gasteiger partial charge in [0.15, 0.2) is 0 Å². The molecule has 0 saturated carbocycles. The van der Waals surface area contributed by atoms with Crippen molar-refractivity contribution in [1.29, 1.82) is 0 Å². The van der Waals surface area contributed by atoms with Crippen LogP contribution in [0.3, 0.4) is 0 Å². The Kier molecular flexibility index (Phi) is 4.74. The van der Waals surface area contributed by atoms with E-state index in [1.165, 1.54) is 17.9 Å². The second kappa shape index (κ2) is 6.14. The Hall–Kier alpha value is -1.58. The number of aryl methyl sites for hydroxylation is 1. The Morgan fingerprint density at radius 2 is 2.00 bits per heavy atom. The predicted molar refractivity (Wildman–Crippen MR) is 78.3 cm³/mol. The molecule has 1 heterocycles. The van der Waals surface area contributed by atoms with E-state index in [1.54, 1.807) is 13.2 Å². The lowest BCUT2D eigenvalue weighted by Gasteiger charge is -2.20. The molecule has 0 amide bonds. The molecule has 0 aliphatic carbocycles. The minimum Gasteiger partial charge on any atom is -0.275 e. The number of halogens is 4. The molecule has 2 rings (SSSR count). The minimum atomic E-state index is -4.83. The smallest absolute Gasteiger partial charge is 0.275 e. The van der Waals surface area contributed by atoms with Crippen LogP contribution in [0.15, 0.2) is 35.5 Å². The van der Waals surface area contributed by atoms with Crippen molar-refractivity contribution in [3.05, 3.63) is 46.7 Å². The number of nitrogens with zero attached hydrogens (tertiary/aromatic N) is 3. The van der Waals surface area contributed by atoms with Crippen molar-refractivity contribution in [2.24, 2.45) is 7.05 Å². The van der Waals surface area contributed by atoms with Crippen LogP contribution in [0.4, 0.5) is 13.2 Å². The van der Waals surface area contributed by atoms with Crippen LogP contribution in [0.1, 0.15) is 11.1 Å². The largest absolute Gasteiger partial charge is 0.417 e. The van der Waals surface area contributed by atoms with Crippen LogP contribution in [-0.4, -0.2) is 29.6 Å². The van der Waals surface area contributed by atoms with E-state index < -0.39 is 26.7 Å². The van der Waals surface area contributed by atoms with E-state index in [2.05, 4.69) is 5.10 Å². The molecule has 0 saturated heterocycles. The van der Waals surface area contributed by atoms with E-state index in [-0.39, 0.29) is 11.6 Å². The monoisotopic (exact) mass is 367 g/mol. The number of rotatable bonds is 4. The molecule has 0 aliphatic heterocycles. The van der Waals surface area contributed by atoms with Crippen LogP contribution in [0.2, 0.25) is 5.02 Å². The molecule has 0 atom stereocenters. The highest BCUT2D eigenvalue weighted by Gasteiger charge is 2.38. The molecule has 10 heteroatoms. The van der Waals surface area contributed by atoms with Gasteiger partial charge in [-0.15, -0.1) is 0 Å². The van der Waals surface area contributed by atoms with E-state index in [0.29, 0.717) is 11.6 Å². The standard InChI is InChI=1S/C13H13ClF3N3O2S/c1-19-7-9(6-18-19)8-20(2)23(21,22)12-4-3-10(14)5-11(12)13(15,16)17/h3-7H,8H2,1-2H3. The molecule has 0 radical (unpaired) electrons. The lowest BCUT2D eigenvalue weighted by molar-refractivity contribution is -0.139. The molecule has 0 aliphatic rings. The fourth-order valence-corrected chi connectivity index (χ4v) is 3.53. The van der Waals surface area contributed by atoms with E-state index >= 15 is 0 Å². The van der Waals surface area contributed by atoms with E-state index in [4.69, 9.17) is 11.6 Å². The molecular formula is C13H13ClF3N3O2S. The minimum absolute atomic E-state index is 0.101. The van der Waals surface area contributed by atoms with Crippen LogP contribution in [0, 0.1) is 0 Å². The van der Waals surface area contributed by atoms with Gasteiger partial charge in [-0.2, -0.15) is 22.6 Å². The first-order chi connectivity index (χ1) is 10.5. The second-order valence-electron chi connectivity index (χ2n) is 4.92. The number of benzene rings is 1. The number of aromatic nitrogens is 2. The zero-order chi connectivity index (χ0) is 17.4. The maximum Gasteiger partial charge on any atom is 0.417 e. The lowest BCUT2D eigenvalue weighted by atomic mass is 10.2. The molecule has 0 spiro atoms. The summed E-state index contributed by atoms with van der Waals surface area (Å²) in [4.78, 5) is -0.833. The van der Waals surface area contributed by atoms with Gasteiger partial charge >= 0.3 is 6.18 Å². The fourth-order valence-electron chi connectivity index (χ4n) is 2.01. The summed E-state index contributed by atoms with van der Waals surface area (Å²) in [5, 5.41) is 3.70. The van der Waals surface area contributed by atoms with Crippen molar-refractivity contribution in [2.45, 2.75) is 17.6 Å². The van der Waals surface area contributed by atoms with Crippen LogP contribution >= 0.6 is 11.6 Å². The van der Waals surface area contributed by atoms with Crippen LogP contribution in [-0.2, 0) is 29.8 Å². The van der Waals surface area contributed by atoms with Crippen molar-refractivity contribution in [1.82, 2.24) is 14.1 Å². The van der Waals surface area contributed by atoms with Gasteiger partial charge in [-0.1, -0.05) is 11.6 Å². The Balaban J connectivity index is 2.43. The summed E-state index contributed by atoms with van der Waals surface area (Å²) in [6.07, 6.45) is -1.81. The molecule has 126 valence electrons. The van der Waals surface area contributed by atoms with Crippen molar-refractivity contribution < 1.29 is 21.6 Å². The Morgan fingerprint density at radius 1 is 1.35 bits per heavy atom. The van der Waals surface area contributed by atoms with E-state index in [9.17, 15) is 21.6 Å². The van der Waals surface area contributed by atoms with Crippen molar-refractivity contribution >= 4 is 21.6 Å². The van der Waals surface area contributed by atoms with E-state index in [1.807, 2.05) is 0 Å². The second-order valence-corrected chi connectivity index (χ2v) is 7.37. The molecule has 0 unspecified atom stereocenters. The van der Waals surface area contributed by atoms with Gasteiger partial charge in [0.1, 0.15) is 0 Å². The molecule has 5 nitrogen and oxygen atoms in total. The van der Waals surface area contributed by atoms with Crippen molar-refractivity contribution in [3.63, 3.8) is 0 Å². The predicted octanol–water partition coefficient (Wildman–Crippen LogP) is 2.91. The average molecular weight is 368 g/mol. The average Bonchev–Trinajstić information content (AvgIpc) is 2.82. The highest BCUT2D eigenvalue weighted by Crippen LogP contribution is 2.36. The zero-order valence-electron chi connectivity index (χ0n) is 12.2. The first kappa shape index (κ1) is 17.8. The first-order valence-corrected chi connectivity index (χ1v) is 8.14. The third-order valence-electron chi connectivity index (χ3n) is 3.10. The third-order valence-corrected chi connectivity index (χ3v) is 5.20. The van der Waals surface area contributed by atoms with Crippen LogP contribution in [0.25, 0.3) is 0 Å². The van der Waals surface area contributed by atoms with Crippen LogP contribution in [0.5, 0.6) is 0 Å². The Bertz CT molecular complexity index is 818. The van der Waals surface area contributed by atoms with Gasteiger partial charge in [-0.05, 0) is 18.2 Å². The van der Waals surface area contributed by atoms with Gasteiger partial charge in [-0.3, -0.25) is 4.68 Å². The molecule has 2 aromatic rings.